The van der Waals surface area contributed by atoms with E-state index in [2.05, 4.69) is 47.9 Å². The zero-order valence-corrected chi connectivity index (χ0v) is 40.7. The number of nitrogens with two attached hydrogens (primary N) is 2. The number of rotatable bonds is 30. The second kappa shape index (κ2) is 30.5. The van der Waals surface area contributed by atoms with Crippen LogP contribution in [-0.4, -0.2) is 144 Å². The number of aliphatic carboxylic acids is 1. The lowest BCUT2D eigenvalue weighted by molar-refractivity contribution is -0.141. The Morgan fingerprint density at radius 2 is 0.890 bits per heavy atom. The number of primary amides is 1. The number of aliphatic hydroxyl groups excluding tert-OH is 1. The van der Waals surface area contributed by atoms with Crippen molar-refractivity contribution >= 4 is 65.0 Å². The van der Waals surface area contributed by atoms with Crippen LogP contribution >= 0.6 is 0 Å². The van der Waals surface area contributed by atoms with E-state index >= 15 is 0 Å². The standard InChI is InChI=1S/C49H65N11O13/c1-28(2)42(60-47(70)37(27-61)57-41(65)26-53-44(67)34(55-39(63)24-50)21-30-13-7-4-8-14-30)48(71)58-33(19-20-38(51)62)45(68)59-35(22-31-15-9-5-10-16-31)46(69)54-29(3)43(66)52-25-40(64)56-36(49(72)73)23-32-17-11-6-12-18-32/h4-18,28-29,33-37,42,61H,19-27,50H2,1-3H3,(H2,51,62)(H,52,66)(H,53,67)(H,54,69)(H,55,63)(H,56,64)(H,57,65)(H,58,71)(H,59,68)(H,60,70)(H,72,73)/t29-,33-,34-,35-,36-,37-,42-/m0/s1. The molecule has 394 valence electrons. The van der Waals surface area contributed by atoms with E-state index < -0.39 is 146 Å². The lowest BCUT2D eigenvalue weighted by Crippen LogP contribution is -2.61. The van der Waals surface area contributed by atoms with Crippen molar-refractivity contribution < 1.29 is 63.0 Å². The van der Waals surface area contributed by atoms with Gasteiger partial charge in [0.15, 0.2) is 0 Å². The summed E-state index contributed by atoms with van der Waals surface area (Å²) in [5.41, 5.74) is 12.7. The highest BCUT2D eigenvalue weighted by atomic mass is 16.4. The van der Waals surface area contributed by atoms with E-state index in [4.69, 9.17) is 11.5 Å². The van der Waals surface area contributed by atoms with Crippen LogP contribution in [0.1, 0.15) is 50.3 Å². The fraction of sp³-hybridized carbons (Fsp3) is 0.408. The van der Waals surface area contributed by atoms with Crippen LogP contribution < -0.4 is 59.3 Å². The third-order valence-corrected chi connectivity index (χ3v) is 10.9. The van der Waals surface area contributed by atoms with Gasteiger partial charge in [0.05, 0.1) is 26.2 Å². The van der Waals surface area contributed by atoms with Crippen molar-refractivity contribution in [3.8, 4) is 0 Å². The average Bonchev–Trinajstić information content (AvgIpc) is 3.36. The Balaban J connectivity index is 1.68. The first-order chi connectivity index (χ1) is 34.7. The molecule has 3 rings (SSSR count). The van der Waals surface area contributed by atoms with E-state index in [1.54, 1.807) is 105 Å². The van der Waals surface area contributed by atoms with Crippen molar-refractivity contribution in [2.24, 2.45) is 17.4 Å². The third-order valence-electron chi connectivity index (χ3n) is 10.9. The van der Waals surface area contributed by atoms with Gasteiger partial charge in [-0.15, -0.1) is 0 Å². The number of hydrogen-bond acceptors (Lipinski definition) is 13. The van der Waals surface area contributed by atoms with Gasteiger partial charge in [0.1, 0.15) is 42.3 Å². The second-order valence-electron chi connectivity index (χ2n) is 17.2. The molecule has 0 aliphatic heterocycles. The molecule has 15 N–H and O–H groups in total. The van der Waals surface area contributed by atoms with Crippen molar-refractivity contribution in [1.29, 1.82) is 0 Å². The first-order valence-electron chi connectivity index (χ1n) is 23.3. The number of amides is 10. The molecule has 0 spiro atoms. The summed E-state index contributed by atoms with van der Waals surface area (Å²) in [5.74, 6) is -10.6. The second-order valence-corrected chi connectivity index (χ2v) is 17.2. The molecule has 0 unspecified atom stereocenters. The fourth-order valence-electron chi connectivity index (χ4n) is 6.97. The largest absolute Gasteiger partial charge is 0.480 e. The van der Waals surface area contributed by atoms with Gasteiger partial charge in [-0.25, -0.2) is 4.79 Å². The normalized spacial score (nSPS) is 13.7. The summed E-state index contributed by atoms with van der Waals surface area (Å²) in [6.45, 7) is 1.73. The third kappa shape index (κ3) is 21.3. The molecule has 0 saturated heterocycles. The lowest BCUT2D eigenvalue weighted by Gasteiger charge is -2.28. The quantitative estimate of drug-likeness (QED) is 0.0306. The predicted octanol–water partition coefficient (Wildman–Crippen LogP) is -3.68. The molecule has 10 amide bonds. The molecule has 3 aromatic carbocycles. The summed E-state index contributed by atoms with van der Waals surface area (Å²) in [5, 5.41) is 41.5. The van der Waals surface area contributed by atoms with Crippen molar-refractivity contribution in [2.75, 3.05) is 26.2 Å². The van der Waals surface area contributed by atoms with Gasteiger partial charge in [-0.2, -0.15) is 0 Å². The Morgan fingerprint density at radius 1 is 0.479 bits per heavy atom. The molecular formula is C49H65N11O13. The number of hydrogen-bond donors (Lipinski definition) is 13. The van der Waals surface area contributed by atoms with Crippen LogP contribution in [-0.2, 0) is 72.0 Å². The molecule has 0 radical (unpaired) electrons. The fourth-order valence-corrected chi connectivity index (χ4v) is 6.97. The van der Waals surface area contributed by atoms with Crippen LogP contribution in [0.3, 0.4) is 0 Å². The summed E-state index contributed by atoms with van der Waals surface area (Å²) in [7, 11) is 0. The van der Waals surface area contributed by atoms with Gasteiger partial charge in [0.2, 0.25) is 59.1 Å². The highest BCUT2D eigenvalue weighted by Gasteiger charge is 2.34. The summed E-state index contributed by atoms with van der Waals surface area (Å²) >= 11 is 0. The monoisotopic (exact) mass is 1020 g/mol. The summed E-state index contributed by atoms with van der Waals surface area (Å²) < 4.78 is 0. The first-order valence-corrected chi connectivity index (χ1v) is 23.3. The number of carbonyl (C=O) groups is 11. The van der Waals surface area contributed by atoms with E-state index in [1.807, 2.05) is 0 Å². The van der Waals surface area contributed by atoms with Crippen LogP contribution in [0.4, 0.5) is 0 Å². The number of carboxylic acids is 1. The number of carboxylic acid groups (broad SMARTS) is 1. The Morgan fingerprint density at radius 3 is 1.34 bits per heavy atom. The highest BCUT2D eigenvalue weighted by molar-refractivity contribution is 5.98. The topological polar surface area (TPSA) is 389 Å². The highest BCUT2D eigenvalue weighted by Crippen LogP contribution is 2.10. The molecule has 0 bridgehead atoms. The first kappa shape index (κ1) is 59.1. The molecule has 24 heteroatoms. The minimum absolute atomic E-state index is 0.0191. The van der Waals surface area contributed by atoms with Gasteiger partial charge in [0, 0.05) is 25.7 Å². The molecule has 3 aromatic rings. The minimum atomic E-state index is -1.64. The van der Waals surface area contributed by atoms with Crippen LogP contribution in [0.2, 0.25) is 0 Å². The van der Waals surface area contributed by atoms with E-state index in [9.17, 15) is 63.0 Å². The van der Waals surface area contributed by atoms with Crippen molar-refractivity contribution in [2.45, 2.75) is 95.2 Å². The maximum Gasteiger partial charge on any atom is 0.326 e. The lowest BCUT2D eigenvalue weighted by atomic mass is 10.0. The molecule has 73 heavy (non-hydrogen) atoms. The van der Waals surface area contributed by atoms with Crippen molar-refractivity contribution in [1.82, 2.24) is 47.9 Å². The Kier molecular flexibility index (Phi) is 24.7. The zero-order chi connectivity index (χ0) is 54.0. The van der Waals surface area contributed by atoms with Gasteiger partial charge in [-0.1, -0.05) is 105 Å². The van der Waals surface area contributed by atoms with Gasteiger partial charge in [0.25, 0.3) is 0 Å². The minimum Gasteiger partial charge on any atom is -0.480 e. The predicted molar refractivity (Wildman–Crippen MR) is 263 cm³/mol. The van der Waals surface area contributed by atoms with E-state index in [-0.39, 0.29) is 25.7 Å². The Hall–Kier alpha value is -8.25. The molecule has 0 aliphatic rings. The molecule has 7 atom stereocenters. The zero-order valence-electron chi connectivity index (χ0n) is 40.7. The molecular weight excluding hydrogens is 951 g/mol. The number of aliphatic hydroxyl groups is 1. The maximum atomic E-state index is 14.0. The molecule has 0 fully saturated rings. The van der Waals surface area contributed by atoms with Gasteiger partial charge >= 0.3 is 5.97 Å². The molecule has 0 heterocycles. The SMILES string of the molecule is CC(C)[C@H](NC(=O)[C@H](CO)NC(=O)CNC(=O)[C@H](Cc1ccccc1)NC(=O)CN)C(=O)N[C@@H](CCC(N)=O)C(=O)N[C@@H](Cc1ccccc1)C(=O)N[C@@H](C)C(=O)NCC(=O)N[C@@H](Cc1ccccc1)C(=O)O. The van der Waals surface area contributed by atoms with Crippen molar-refractivity contribution in [3.05, 3.63) is 108 Å². The van der Waals surface area contributed by atoms with Crippen molar-refractivity contribution in [3.63, 3.8) is 0 Å². The molecule has 0 aliphatic carbocycles. The van der Waals surface area contributed by atoms with Crippen LogP contribution in [0.5, 0.6) is 0 Å². The van der Waals surface area contributed by atoms with Crippen LogP contribution in [0.15, 0.2) is 91.0 Å². The Bertz CT molecular complexity index is 2380. The number of carbonyl (C=O) groups excluding carboxylic acids is 10. The average molecular weight is 1020 g/mol. The molecule has 24 nitrogen and oxygen atoms in total. The molecule has 0 aromatic heterocycles. The molecule has 0 saturated carbocycles. The van der Waals surface area contributed by atoms with E-state index in [0.717, 1.165) is 0 Å². The van der Waals surface area contributed by atoms with Gasteiger partial charge < -0.3 is 69.5 Å². The van der Waals surface area contributed by atoms with Gasteiger partial charge in [-0.05, 0) is 36.0 Å². The Labute approximate surface area is 421 Å². The summed E-state index contributed by atoms with van der Waals surface area (Å²) in [6.07, 6.45) is -0.877. The summed E-state index contributed by atoms with van der Waals surface area (Å²) in [4.78, 5) is 143. The van der Waals surface area contributed by atoms with E-state index in [0.29, 0.717) is 16.7 Å². The smallest absolute Gasteiger partial charge is 0.326 e. The number of benzene rings is 3. The van der Waals surface area contributed by atoms with Crippen LogP contribution in [0.25, 0.3) is 0 Å². The van der Waals surface area contributed by atoms with E-state index in [1.165, 1.54) is 6.92 Å². The summed E-state index contributed by atoms with van der Waals surface area (Å²) in [6, 6.07) is 16.0. The number of nitrogens with one attached hydrogen (secondary N) is 9. The van der Waals surface area contributed by atoms with Gasteiger partial charge in [-0.3, -0.25) is 47.9 Å². The van der Waals surface area contributed by atoms with Crippen LogP contribution in [0, 0.1) is 5.92 Å². The maximum absolute atomic E-state index is 14.0.